The molecule has 0 saturated heterocycles. The Bertz CT molecular complexity index is 447. The summed E-state index contributed by atoms with van der Waals surface area (Å²) < 4.78 is 0. The predicted molar refractivity (Wildman–Crippen MR) is 72.3 cm³/mol. The molecule has 4 nitrogen and oxygen atoms in total. The number of benzene rings is 1. The van der Waals surface area contributed by atoms with Crippen molar-refractivity contribution in [1.82, 2.24) is 20.5 Å². The number of hydrogen-bond donors (Lipinski definition) is 2. The van der Waals surface area contributed by atoms with Crippen LogP contribution in [0.4, 0.5) is 0 Å². The van der Waals surface area contributed by atoms with Crippen molar-refractivity contribution in [2.24, 2.45) is 0 Å². The van der Waals surface area contributed by atoms with Gasteiger partial charge in [0, 0.05) is 19.0 Å². The van der Waals surface area contributed by atoms with Gasteiger partial charge in [-0.05, 0) is 18.9 Å². The summed E-state index contributed by atoms with van der Waals surface area (Å²) in [5, 5.41) is 10.3. The number of nitrogens with one attached hydrogen (secondary N) is 2. The minimum absolute atomic E-state index is 0.411. The van der Waals surface area contributed by atoms with Gasteiger partial charge in [-0.1, -0.05) is 36.8 Å². The molecular weight excluding hydrogens is 224 g/mol. The maximum absolute atomic E-state index is 4.12. The average molecular weight is 244 g/mol. The fraction of sp³-hybridized carbons (Fsp3) is 0.429. The first-order chi connectivity index (χ1) is 8.79. The second-order valence-electron chi connectivity index (χ2n) is 4.51. The molecule has 1 aromatic heterocycles. The van der Waals surface area contributed by atoms with Crippen molar-refractivity contribution in [2.75, 3.05) is 6.54 Å². The largest absolute Gasteiger partial charge is 0.310 e. The Morgan fingerprint density at radius 2 is 2.06 bits per heavy atom. The zero-order chi connectivity index (χ0) is 12.8. The van der Waals surface area contributed by atoms with Gasteiger partial charge in [-0.2, -0.15) is 5.10 Å². The van der Waals surface area contributed by atoms with Crippen molar-refractivity contribution >= 4 is 0 Å². The van der Waals surface area contributed by atoms with Gasteiger partial charge in [-0.3, -0.25) is 5.10 Å². The molecule has 96 valence electrons. The van der Waals surface area contributed by atoms with Gasteiger partial charge in [0.1, 0.15) is 12.2 Å². The molecule has 0 saturated carbocycles. The normalized spacial score (nSPS) is 12.6. The van der Waals surface area contributed by atoms with Gasteiger partial charge < -0.3 is 5.32 Å². The molecule has 1 unspecified atom stereocenters. The molecule has 1 heterocycles. The molecule has 0 fully saturated rings. The molecule has 1 atom stereocenters. The highest BCUT2D eigenvalue weighted by atomic mass is 15.2. The van der Waals surface area contributed by atoms with Crippen LogP contribution < -0.4 is 5.32 Å². The standard InChI is InChI=1S/C14H20N4/c1-3-13(12-6-4-11(2)5-7-12)15-9-8-14-16-10-17-18-14/h4-7,10,13,15H,3,8-9H2,1-2H3,(H,16,17,18). The Morgan fingerprint density at radius 3 is 2.67 bits per heavy atom. The number of nitrogens with zero attached hydrogens (tertiary/aromatic N) is 2. The van der Waals surface area contributed by atoms with Crippen LogP contribution in [0.1, 0.15) is 36.3 Å². The molecule has 0 aliphatic rings. The summed E-state index contributed by atoms with van der Waals surface area (Å²) in [5.41, 5.74) is 2.65. The minimum atomic E-state index is 0.411. The lowest BCUT2D eigenvalue weighted by Crippen LogP contribution is -2.23. The highest BCUT2D eigenvalue weighted by molar-refractivity contribution is 5.24. The highest BCUT2D eigenvalue weighted by Gasteiger charge is 2.08. The zero-order valence-electron chi connectivity index (χ0n) is 11.0. The van der Waals surface area contributed by atoms with Crippen molar-refractivity contribution in [3.05, 3.63) is 47.5 Å². The molecule has 2 N–H and O–H groups in total. The van der Waals surface area contributed by atoms with Crippen LogP contribution in [0.3, 0.4) is 0 Å². The fourth-order valence-electron chi connectivity index (χ4n) is 2.01. The molecule has 0 bridgehead atoms. The van der Waals surface area contributed by atoms with E-state index in [0.29, 0.717) is 6.04 Å². The number of aryl methyl sites for hydroxylation is 1. The Hall–Kier alpha value is -1.68. The van der Waals surface area contributed by atoms with Crippen molar-refractivity contribution in [2.45, 2.75) is 32.7 Å². The summed E-state index contributed by atoms with van der Waals surface area (Å²) in [6.07, 6.45) is 3.51. The first-order valence-corrected chi connectivity index (χ1v) is 6.43. The third kappa shape index (κ3) is 3.40. The third-order valence-electron chi connectivity index (χ3n) is 3.11. The maximum atomic E-state index is 4.12. The summed E-state index contributed by atoms with van der Waals surface area (Å²) in [5.74, 6) is 0.932. The molecule has 18 heavy (non-hydrogen) atoms. The van der Waals surface area contributed by atoms with E-state index in [-0.39, 0.29) is 0 Å². The lowest BCUT2D eigenvalue weighted by atomic mass is 10.0. The molecule has 0 aliphatic carbocycles. The van der Waals surface area contributed by atoms with Crippen LogP contribution in [-0.4, -0.2) is 21.7 Å². The Kier molecular flexibility index (Phi) is 4.47. The second-order valence-corrected chi connectivity index (χ2v) is 4.51. The van der Waals surface area contributed by atoms with Crippen molar-refractivity contribution < 1.29 is 0 Å². The predicted octanol–water partition coefficient (Wildman–Crippen LogP) is 2.40. The van der Waals surface area contributed by atoms with E-state index in [9.17, 15) is 0 Å². The molecule has 0 spiro atoms. The topological polar surface area (TPSA) is 53.6 Å². The molecule has 0 radical (unpaired) electrons. The maximum Gasteiger partial charge on any atom is 0.137 e. The summed E-state index contributed by atoms with van der Waals surface area (Å²) in [7, 11) is 0. The average Bonchev–Trinajstić information content (AvgIpc) is 2.89. The molecular formula is C14H20N4. The number of H-pyrrole nitrogens is 1. The summed E-state index contributed by atoms with van der Waals surface area (Å²) >= 11 is 0. The van der Waals surface area contributed by atoms with Crippen LogP contribution in [0.25, 0.3) is 0 Å². The quantitative estimate of drug-likeness (QED) is 0.820. The molecule has 0 aliphatic heterocycles. The first-order valence-electron chi connectivity index (χ1n) is 6.43. The van der Waals surface area contributed by atoms with Crippen LogP contribution >= 0.6 is 0 Å². The van der Waals surface area contributed by atoms with E-state index in [2.05, 4.69) is 58.6 Å². The van der Waals surface area contributed by atoms with E-state index in [1.165, 1.54) is 11.1 Å². The van der Waals surface area contributed by atoms with Crippen LogP contribution in [0.5, 0.6) is 0 Å². The Balaban J connectivity index is 1.87. The van der Waals surface area contributed by atoms with Gasteiger partial charge >= 0.3 is 0 Å². The highest BCUT2D eigenvalue weighted by Crippen LogP contribution is 2.16. The number of aromatic amines is 1. The Morgan fingerprint density at radius 1 is 1.28 bits per heavy atom. The van der Waals surface area contributed by atoms with Crippen molar-refractivity contribution in [3.8, 4) is 0 Å². The second kappa shape index (κ2) is 6.31. The van der Waals surface area contributed by atoms with Crippen LogP contribution in [-0.2, 0) is 6.42 Å². The third-order valence-corrected chi connectivity index (χ3v) is 3.11. The van der Waals surface area contributed by atoms with Crippen LogP contribution in [0.2, 0.25) is 0 Å². The van der Waals surface area contributed by atoms with Gasteiger partial charge in [0.15, 0.2) is 0 Å². The molecule has 0 amide bonds. The summed E-state index contributed by atoms with van der Waals surface area (Å²) in [6.45, 7) is 5.22. The van der Waals surface area contributed by atoms with Gasteiger partial charge in [0.2, 0.25) is 0 Å². The summed E-state index contributed by atoms with van der Waals surface area (Å²) in [6, 6.07) is 9.14. The van der Waals surface area contributed by atoms with E-state index in [1.54, 1.807) is 6.33 Å². The Labute approximate surface area is 108 Å². The molecule has 4 heteroatoms. The first kappa shape index (κ1) is 12.8. The number of hydrogen-bond acceptors (Lipinski definition) is 3. The molecule has 2 aromatic rings. The van der Waals surface area contributed by atoms with E-state index < -0.39 is 0 Å². The monoisotopic (exact) mass is 244 g/mol. The van der Waals surface area contributed by atoms with E-state index >= 15 is 0 Å². The smallest absolute Gasteiger partial charge is 0.137 e. The lowest BCUT2D eigenvalue weighted by Gasteiger charge is -2.17. The SMILES string of the molecule is CCC(NCCc1ncn[nH]1)c1ccc(C)cc1. The van der Waals surface area contributed by atoms with E-state index in [4.69, 9.17) is 0 Å². The van der Waals surface area contributed by atoms with Crippen molar-refractivity contribution in [3.63, 3.8) is 0 Å². The van der Waals surface area contributed by atoms with Gasteiger partial charge in [-0.15, -0.1) is 0 Å². The zero-order valence-corrected chi connectivity index (χ0v) is 11.0. The lowest BCUT2D eigenvalue weighted by molar-refractivity contribution is 0.518. The van der Waals surface area contributed by atoms with Gasteiger partial charge in [-0.25, -0.2) is 4.98 Å². The molecule has 1 aromatic carbocycles. The van der Waals surface area contributed by atoms with Gasteiger partial charge in [0.05, 0.1) is 0 Å². The van der Waals surface area contributed by atoms with Gasteiger partial charge in [0.25, 0.3) is 0 Å². The molecule has 2 rings (SSSR count). The van der Waals surface area contributed by atoms with Crippen molar-refractivity contribution in [1.29, 1.82) is 0 Å². The summed E-state index contributed by atoms with van der Waals surface area (Å²) in [4.78, 5) is 4.12. The van der Waals surface area contributed by atoms with Crippen LogP contribution in [0.15, 0.2) is 30.6 Å². The fourth-order valence-corrected chi connectivity index (χ4v) is 2.01. The van der Waals surface area contributed by atoms with E-state index in [0.717, 1.165) is 25.2 Å². The number of rotatable bonds is 6. The van der Waals surface area contributed by atoms with Crippen LogP contribution in [0, 0.1) is 6.92 Å². The number of aromatic nitrogens is 3. The van der Waals surface area contributed by atoms with E-state index in [1.807, 2.05) is 0 Å². The minimum Gasteiger partial charge on any atom is -0.310 e.